The average Bonchev–Trinajstić information content (AvgIpc) is 3.26. The lowest BCUT2D eigenvalue weighted by molar-refractivity contribution is -0.139. The molecule has 0 N–H and O–H groups in total. The minimum atomic E-state index is -0.644. The third-order valence-corrected chi connectivity index (χ3v) is 8.79. The highest BCUT2D eigenvalue weighted by Crippen LogP contribution is 2.35. The number of halogens is 1. The Morgan fingerprint density at radius 3 is 2.47 bits per heavy atom. The Morgan fingerprint density at radius 2 is 1.77 bits per heavy atom. The Bertz CT molecular complexity index is 1890. The highest BCUT2D eigenvalue weighted by Gasteiger charge is 2.33. The van der Waals surface area contributed by atoms with E-state index < -0.39 is 12.0 Å². The first-order chi connectivity index (χ1) is 20.7. The molecule has 222 valence electrons. The summed E-state index contributed by atoms with van der Waals surface area (Å²) in [4.78, 5) is 32.3. The number of hydrogen-bond acceptors (Lipinski definition) is 7. The average molecular weight is 709 g/mol. The lowest BCUT2D eigenvalue weighted by atomic mass is 9.95. The van der Waals surface area contributed by atoms with Crippen molar-refractivity contribution in [1.82, 2.24) is 4.57 Å². The van der Waals surface area contributed by atoms with Crippen LogP contribution in [0.4, 0.5) is 0 Å². The molecule has 4 aromatic rings. The van der Waals surface area contributed by atoms with Crippen LogP contribution in [0.1, 0.15) is 54.6 Å². The molecule has 0 saturated carbocycles. The second-order valence-corrected chi connectivity index (χ2v) is 12.4. The van der Waals surface area contributed by atoms with Gasteiger partial charge in [-0.05, 0) is 92.1 Å². The number of aryl methyl sites for hydroxylation is 2. The quantitative estimate of drug-likeness (QED) is 0.158. The number of aromatic nitrogens is 1. The van der Waals surface area contributed by atoms with Crippen molar-refractivity contribution in [3.05, 3.63) is 123 Å². The highest BCUT2D eigenvalue weighted by molar-refractivity contribution is 14.1. The van der Waals surface area contributed by atoms with Crippen molar-refractivity contribution in [2.45, 2.75) is 47.3 Å². The van der Waals surface area contributed by atoms with Crippen LogP contribution in [0.15, 0.2) is 81.7 Å². The van der Waals surface area contributed by atoms with Gasteiger partial charge in [0.25, 0.3) is 5.56 Å². The van der Waals surface area contributed by atoms with Gasteiger partial charge in [-0.3, -0.25) is 9.36 Å². The van der Waals surface area contributed by atoms with Gasteiger partial charge in [-0.2, -0.15) is 0 Å². The summed E-state index contributed by atoms with van der Waals surface area (Å²) in [5.41, 5.74) is 5.63. The summed E-state index contributed by atoms with van der Waals surface area (Å²) < 4.78 is 20.6. The van der Waals surface area contributed by atoms with Crippen molar-refractivity contribution in [3.8, 4) is 11.5 Å². The van der Waals surface area contributed by atoms with E-state index in [-0.39, 0.29) is 12.2 Å². The van der Waals surface area contributed by atoms with E-state index in [0.717, 1.165) is 25.8 Å². The largest absolute Gasteiger partial charge is 0.490 e. The summed E-state index contributed by atoms with van der Waals surface area (Å²) >= 11 is 3.54. The van der Waals surface area contributed by atoms with Gasteiger partial charge in [-0.15, -0.1) is 0 Å². The van der Waals surface area contributed by atoms with Gasteiger partial charge in [0.2, 0.25) is 0 Å². The molecule has 9 heteroatoms. The van der Waals surface area contributed by atoms with E-state index in [9.17, 15) is 9.59 Å². The van der Waals surface area contributed by atoms with Gasteiger partial charge in [0.05, 0.1) is 38.6 Å². The fraction of sp³-hybridized carbons (Fsp3) is 0.265. The summed E-state index contributed by atoms with van der Waals surface area (Å²) in [6.07, 6.45) is 1.84. The van der Waals surface area contributed by atoms with Crippen LogP contribution >= 0.6 is 33.9 Å². The van der Waals surface area contributed by atoms with Crippen LogP contribution < -0.4 is 24.4 Å². The van der Waals surface area contributed by atoms with Gasteiger partial charge in [0, 0.05) is 0 Å². The molecule has 1 aromatic heterocycles. The molecule has 0 unspecified atom stereocenters. The predicted molar refractivity (Wildman–Crippen MR) is 177 cm³/mol. The Morgan fingerprint density at radius 1 is 1.00 bits per heavy atom. The number of thiazole rings is 1. The maximum atomic E-state index is 14.0. The summed E-state index contributed by atoms with van der Waals surface area (Å²) in [5.74, 6) is 0.802. The molecule has 1 atom stereocenters. The van der Waals surface area contributed by atoms with Gasteiger partial charge in [-0.1, -0.05) is 71.0 Å². The SMILES string of the molecule is CCOC(=O)C1=C(C)N=c2s/c(=C/c3cc(I)c(OCc4cccc(C)c4)c(OCC)c3)c(=O)n2[C@H]1c1ccc(C)cc1. The molecule has 0 aliphatic carbocycles. The molecule has 0 radical (unpaired) electrons. The Labute approximate surface area is 268 Å². The number of benzene rings is 3. The number of allylic oxidation sites excluding steroid dienone is 1. The molecule has 7 nitrogen and oxygen atoms in total. The third-order valence-electron chi connectivity index (χ3n) is 7.01. The van der Waals surface area contributed by atoms with Crippen molar-refractivity contribution in [2.75, 3.05) is 13.2 Å². The van der Waals surface area contributed by atoms with Crippen molar-refractivity contribution in [1.29, 1.82) is 0 Å². The molecule has 0 fully saturated rings. The van der Waals surface area contributed by atoms with Crippen LogP contribution in [-0.2, 0) is 16.1 Å². The fourth-order valence-electron chi connectivity index (χ4n) is 5.04. The number of hydrogen-bond donors (Lipinski definition) is 0. The number of rotatable bonds is 9. The van der Waals surface area contributed by atoms with Crippen LogP contribution in [0.25, 0.3) is 6.08 Å². The number of carbonyl (C=O) groups is 1. The maximum absolute atomic E-state index is 14.0. The van der Waals surface area contributed by atoms with Crippen LogP contribution in [0.3, 0.4) is 0 Å². The van der Waals surface area contributed by atoms with E-state index in [1.54, 1.807) is 18.4 Å². The molecule has 2 heterocycles. The number of ether oxygens (including phenoxy) is 3. The van der Waals surface area contributed by atoms with Gasteiger partial charge in [-0.25, -0.2) is 9.79 Å². The minimum absolute atomic E-state index is 0.226. The lowest BCUT2D eigenvalue weighted by Gasteiger charge is -2.24. The Hall–Kier alpha value is -3.70. The third kappa shape index (κ3) is 6.62. The highest BCUT2D eigenvalue weighted by atomic mass is 127. The standard InChI is InChI=1S/C34H33IN2O5S/c1-6-40-27-17-24(16-26(35)31(27)42-19-23-10-8-9-21(4)15-23)18-28-32(38)37-30(25-13-11-20(3)12-14-25)29(33(39)41-7-2)22(5)36-34(37)43-28/h8-18,30H,6-7,19H2,1-5H3/b28-18+/t30-/m0/s1. The molecule has 0 bridgehead atoms. The van der Waals surface area contributed by atoms with Crippen molar-refractivity contribution >= 4 is 46.0 Å². The van der Waals surface area contributed by atoms with Gasteiger partial charge >= 0.3 is 5.97 Å². The zero-order valence-corrected chi connectivity index (χ0v) is 27.7. The van der Waals surface area contributed by atoms with Crippen LogP contribution in [0.2, 0.25) is 0 Å². The second kappa shape index (κ2) is 13.3. The summed E-state index contributed by atoms with van der Waals surface area (Å²) in [6, 6.07) is 19.3. The smallest absolute Gasteiger partial charge is 0.338 e. The van der Waals surface area contributed by atoms with Crippen LogP contribution in [-0.4, -0.2) is 23.8 Å². The molecule has 3 aromatic carbocycles. The summed E-state index contributed by atoms with van der Waals surface area (Å²) in [7, 11) is 0. The summed E-state index contributed by atoms with van der Waals surface area (Å²) in [6.45, 7) is 10.6. The normalized spacial score (nSPS) is 14.7. The predicted octanol–water partition coefficient (Wildman–Crippen LogP) is 6.00. The van der Waals surface area contributed by atoms with Crippen molar-refractivity contribution in [2.24, 2.45) is 4.99 Å². The Balaban J connectivity index is 1.58. The monoisotopic (exact) mass is 708 g/mol. The van der Waals surface area contributed by atoms with E-state index in [4.69, 9.17) is 14.2 Å². The number of nitrogens with zero attached hydrogens (tertiary/aromatic N) is 2. The van der Waals surface area contributed by atoms with Crippen LogP contribution in [0, 0.1) is 17.4 Å². The molecule has 1 aliphatic heterocycles. The molecule has 0 amide bonds. The number of carbonyl (C=O) groups excluding carboxylic acids is 1. The second-order valence-electron chi connectivity index (χ2n) is 10.3. The zero-order chi connectivity index (χ0) is 30.7. The number of fused-ring (bicyclic) bond motifs is 1. The van der Waals surface area contributed by atoms with E-state index in [1.807, 2.05) is 68.5 Å². The van der Waals surface area contributed by atoms with Crippen molar-refractivity contribution < 1.29 is 19.0 Å². The molecule has 0 spiro atoms. The van der Waals surface area contributed by atoms with Crippen LogP contribution in [0.5, 0.6) is 11.5 Å². The maximum Gasteiger partial charge on any atom is 0.338 e. The van der Waals surface area contributed by atoms with E-state index >= 15 is 0 Å². The fourth-order valence-corrected chi connectivity index (χ4v) is 6.87. The minimum Gasteiger partial charge on any atom is -0.490 e. The number of esters is 1. The molecule has 0 saturated heterocycles. The van der Waals surface area contributed by atoms with Gasteiger partial charge in [0.15, 0.2) is 16.3 Å². The first-order valence-corrected chi connectivity index (χ1v) is 16.0. The molecule has 1 aliphatic rings. The van der Waals surface area contributed by atoms with Crippen molar-refractivity contribution in [3.63, 3.8) is 0 Å². The van der Waals surface area contributed by atoms with Gasteiger partial charge < -0.3 is 14.2 Å². The first-order valence-electron chi connectivity index (χ1n) is 14.1. The first kappa shape index (κ1) is 30.7. The Kier molecular flexibility index (Phi) is 9.51. The summed E-state index contributed by atoms with van der Waals surface area (Å²) in [5, 5.41) is 0. The lowest BCUT2D eigenvalue weighted by Crippen LogP contribution is -2.39. The molecular formula is C34H33IN2O5S. The van der Waals surface area contributed by atoms with E-state index in [2.05, 4.69) is 46.6 Å². The van der Waals surface area contributed by atoms with E-state index in [0.29, 0.717) is 45.3 Å². The molecule has 43 heavy (non-hydrogen) atoms. The van der Waals surface area contributed by atoms with Gasteiger partial charge in [0.1, 0.15) is 6.61 Å². The topological polar surface area (TPSA) is 79.1 Å². The molecule has 5 rings (SSSR count). The zero-order valence-electron chi connectivity index (χ0n) is 24.8. The molecular weight excluding hydrogens is 675 g/mol. The van der Waals surface area contributed by atoms with E-state index in [1.165, 1.54) is 16.9 Å².